The molecule has 0 unspecified atom stereocenters. The summed E-state index contributed by atoms with van der Waals surface area (Å²) in [6.07, 6.45) is 4.03. The van der Waals surface area contributed by atoms with Crippen molar-refractivity contribution in [3.8, 4) is 0 Å². The number of hydrogen-bond donors (Lipinski definition) is 1. The van der Waals surface area contributed by atoms with Gasteiger partial charge >= 0.3 is 0 Å². The molecule has 2 aromatic rings. The van der Waals surface area contributed by atoms with Crippen LogP contribution >= 0.6 is 11.8 Å². The van der Waals surface area contributed by atoms with Crippen molar-refractivity contribution in [2.45, 2.75) is 0 Å². The maximum absolute atomic E-state index is 13.3. The van der Waals surface area contributed by atoms with Crippen LogP contribution in [0.15, 0.2) is 60.7 Å². The molecule has 0 aromatic heterocycles. The summed E-state index contributed by atoms with van der Waals surface area (Å²) < 4.78 is 13.3. The number of hydrogen-bond acceptors (Lipinski definition) is 2. The van der Waals surface area contributed by atoms with Gasteiger partial charge in [0.2, 0.25) is 5.91 Å². The maximum Gasteiger partial charge on any atom is 0.234 e. The van der Waals surface area contributed by atoms with Crippen molar-refractivity contribution in [1.82, 2.24) is 0 Å². The van der Waals surface area contributed by atoms with Crippen LogP contribution in [0, 0.1) is 5.82 Å². The van der Waals surface area contributed by atoms with Crippen molar-refractivity contribution in [2.75, 3.05) is 16.8 Å². The second-order valence-electron chi connectivity index (χ2n) is 4.36. The van der Waals surface area contributed by atoms with Crippen LogP contribution in [0.25, 0.3) is 6.08 Å². The molecule has 2 nitrogen and oxygen atoms in total. The van der Waals surface area contributed by atoms with E-state index in [1.165, 1.54) is 17.8 Å². The number of carbonyl (C=O) groups is 1. The molecule has 1 N–H and O–H groups in total. The number of carbonyl (C=O) groups excluding carboxylic acids is 1. The van der Waals surface area contributed by atoms with Crippen molar-refractivity contribution in [3.63, 3.8) is 0 Å². The third-order valence-corrected chi connectivity index (χ3v) is 3.60. The van der Waals surface area contributed by atoms with Crippen LogP contribution < -0.4 is 5.32 Å². The second-order valence-corrected chi connectivity index (χ2v) is 5.39. The third-order valence-electron chi connectivity index (χ3n) is 2.71. The number of halogens is 1. The lowest BCUT2D eigenvalue weighted by atomic mass is 10.2. The van der Waals surface area contributed by atoms with Crippen LogP contribution in [-0.4, -0.2) is 17.4 Å². The van der Waals surface area contributed by atoms with Gasteiger partial charge in [-0.2, -0.15) is 0 Å². The number of anilines is 1. The zero-order valence-corrected chi connectivity index (χ0v) is 12.3. The maximum atomic E-state index is 13.3. The number of amides is 1. The number of benzene rings is 2. The van der Waals surface area contributed by atoms with Gasteiger partial charge < -0.3 is 5.32 Å². The van der Waals surface area contributed by atoms with E-state index in [4.69, 9.17) is 0 Å². The predicted octanol–water partition coefficient (Wildman–Crippen LogP) is 4.21. The Morgan fingerprint density at radius 1 is 1.10 bits per heavy atom. The van der Waals surface area contributed by atoms with E-state index in [9.17, 15) is 9.18 Å². The Morgan fingerprint density at radius 3 is 2.57 bits per heavy atom. The molecule has 0 aliphatic rings. The molecule has 108 valence electrons. The molecular formula is C17H16FNOS. The molecule has 0 aliphatic heterocycles. The molecule has 0 heterocycles. The summed E-state index contributed by atoms with van der Waals surface area (Å²) in [7, 11) is 0. The highest BCUT2D eigenvalue weighted by Gasteiger charge is 2.05. The van der Waals surface area contributed by atoms with Crippen LogP contribution in [0.1, 0.15) is 5.56 Å². The van der Waals surface area contributed by atoms with Crippen molar-refractivity contribution < 1.29 is 9.18 Å². The summed E-state index contributed by atoms with van der Waals surface area (Å²) in [4.78, 5) is 11.7. The van der Waals surface area contributed by atoms with Gasteiger partial charge in [0.25, 0.3) is 0 Å². The molecule has 1 amide bonds. The van der Waals surface area contributed by atoms with E-state index in [1.807, 2.05) is 42.5 Å². The van der Waals surface area contributed by atoms with Crippen LogP contribution in [0.2, 0.25) is 0 Å². The Kier molecular flexibility index (Phi) is 6.03. The summed E-state index contributed by atoms with van der Waals surface area (Å²) >= 11 is 1.48. The molecule has 0 bridgehead atoms. The van der Waals surface area contributed by atoms with Gasteiger partial charge in [-0.15, -0.1) is 11.8 Å². The van der Waals surface area contributed by atoms with Crippen molar-refractivity contribution >= 4 is 29.4 Å². The van der Waals surface area contributed by atoms with Gasteiger partial charge in [0.1, 0.15) is 5.82 Å². The summed E-state index contributed by atoms with van der Waals surface area (Å²) in [6.45, 7) is 0. The Labute approximate surface area is 128 Å². The average Bonchev–Trinajstić information content (AvgIpc) is 2.50. The highest BCUT2D eigenvalue weighted by molar-refractivity contribution is 8.00. The standard InChI is InChI=1S/C17H16FNOS/c18-15-10-4-5-11-16(15)19-17(20)13-21-12-6-9-14-7-2-1-3-8-14/h1-11H,12-13H2,(H,19,20)/b9-6+. The lowest BCUT2D eigenvalue weighted by Crippen LogP contribution is -2.15. The number of nitrogens with one attached hydrogen (secondary N) is 1. The van der Waals surface area contributed by atoms with E-state index >= 15 is 0 Å². The quantitative estimate of drug-likeness (QED) is 0.810. The fourth-order valence-corrected chi connectivity index (χ4v) is 2.32. The minimum atomic E-state index is -0.417. The van der Waals surface area contributed by atoms with Gasteiger partial charge in [0.15, 0.2) is 0 Å². The number of thioether (sulfide) groups is 1. The lowest BCUT2D eigenvalue weighted by molar-refractivity contribution is -0.113. The van der Waals surface area contributed by atoms with Gasteiger partial charge in [-0.1, -0.05) is 54.6 Å². The van der Waals surface area contributed by atoms with E-state index in [0.29, 0.717) is 5.75 Å². The summed E-state index contributed by atoms with van der Waals surface area (Å²) in [5, 5.41) is 2.56. The van der Waals surface area contributed by atoms with Crippen molar-refractivity contribution in [2.24, 2.45) is 0 Å². The molecular weight excluding hydrogens is 285 g/mol. The first-order chi connectivity index (χ1) is 10.3. The van der Waals surface area contributed by atoms with Gasteiger partial charge in [0.05, 0.1) is 11.4 Å². The Balaban J connectivity index is 1.70. The zero-order valence-electron chi connectivity index (χ0n) is 11.5. The molecule has 2 aromatic carbocycles. The van der Waals surface area contributed by atoms with Gasteiger partial charge in [-0.25, -0.2) is 4.39 Å². The van der Waals surface area contributed by atoms with Crippen molar-refractivity contribution in [3.05, 3.63) is 72.1 Å². The molecule has 2 rings (SSSR count). The van der Waals surface area contributed by atoms with Crippen LogP contribution in [0.4, 0.5) is 10.1 Å². The van der Waals surface area contributed by atoms with E-state index in [1.54, 1.807) is 18.2 Å². The molecule has 0 spiro atoms. The fourth-order valence-electron chi connectivity index (χ4n) is 1.72. The van der Waals surface area contributed by atoms with E-state index in [2.05, 4.69) is 5.32 Å². The first kappa shape index (κ1) is 15.3. The second kappa shape index (κ2) is 8.27. The summed E-state index contributed by atoms with van der Waals surface area (Å²) in [5.74, 6) is 0.422. The Morgan fingerprint density at radius 2 is 1.81 bits per heavy atom. The predicted molar refractivity (Wildman–Crippen MR) is 87.8 cm³/mol. The Hall–Kier alpha value is -2.07. The van der Waals surface area contributed by atoms with E-state index < -0.39 is 5.82 Å². The largest absolute Gasteiger partial charge is 0.323 e. The third kappa shape index (κ3) is 5.44. The summed E-state index contributed by atoms with van der Waals surface area (Å²) in [5.41, 5.74) is 1.36. The number of rotatable bonds is 6. The molecule has 0 aliphatic carbocycles. The van der Waals surface area contributed by atoms with Crippen LogP contribution in [0.3, 0.4) is 0 Å². The number of para-hydroxylation sites is 1. The molecule has 0 fully saturated rings. The zero-order chi connectivity index (χ0) is 14.9. The molecule has 21 heavy (non-hydrogen) atoms. The average molecular weight is 301 g/mol. The Bertz CT molecular complexity index is 613. The normalized spacial score (nSPS) is 10.7. The topological polar surface area (TPSA) is 29.1 Å². The molecule has 0 atom stereocenters. The molecule has 0 radical (unpaired) electrons. The highest BCUT2D eigenvalue weighted by Crippen LogP contribution is 2.13. The van der Waals surface area contributed by atoms with E-state index in [0.717, 1.165) is 11.3 Å². The fraction of sp³-hybridized carbons (Fsp3) is 0.118. The minimum Gasteiger partial charge on any atom is -0.323 e. The molecule has 4 heteroatoms. The first-order valence-corrected chi connectivity index (χ1v) is 7.75. The van der Waals surface area contributed by atoms with Gasteiger partial charge in [0, 0.05) is 5.75 Å². The minimum absolute atomic E-state index is 0.196. The summed E-state index contributed by atoms with van der Waals surface area (Å²) in [6, 6.07) is 16.1. The van der Waals surface area contributed by atoms with Crippen LogP contribution in [-0.2, 0) is 4.79 Å². The van der Waals surface area contributed by atoms with E-state index in [-0.39, 0.29) is 11.6 Å². The van der Waals surface area contributed by atoms with Gasteiger partial charge in [-0.05, 0) is 17.7 Å². The highest BCUT2D eigenvalue weighted by atomic mass is 32.2. The smallest absolute Gasteiger partial charge is 0.234 e. The van der Waals surface area contributed by atoms with Crippen molar-refractivity contribution in [1.29, 1.82) is 0 Å². The molecule has 0 saturated carbocycles. The van der Waals surface area contributed by atoms with Crippen LogP contribution in [0.5, 0.6) is 0 Å². The SMILES string of the molecule is O=C(CSC/C=C/c1ccccc1)Nc1ccccc1F. The first-order valence-electron chi connectivity index (χ1n) is 6.59. The van der Waals surface area contributed by atoms with Gasteiger partial charge in [-0.3, -0.25) is 4.79 Å². The monoisotopic (exact) mass is 301 g/mol. The molecule has 0 saturated heterocycles. The lowest BCUT2D eigenvalue weighted by Gasteiger charge is -2.05.